The van der Waals surface area contributed by atoms with Gasteiger partial charge in [-0.15, -0.1) is 0 Å². The number of nitro benzene ring substituents is 1. The maximum Gasteiger partial charge on any atom is 0.269 e. The van der Waals surface area contributed by atoms with Gasteiger partial charge in [0.05, 0.1) is 34.6 Å². The first-order chi connectivity index (χ1) is 18.0. The SMILES string of the molecule is O=C(NC[C@@H]1CCCO1)c1ccc2c(=O)n(C[C@@H]3CCCO3)c(SCc3ccc([N+](=O)[O-])cc3)nc2c1. The summed E-state index contributed by atoms with van der Waals surface area (Å²) in [5.41, 5.74) is 1.59. The minimum atomic E-state index is -0.435. The van der Waals surface area contributed by atoms with Crippen molar-refractivity contribution in [1.29, 1.82) is 0 Å². The van der Waals surface area contributed by atoms with Crippen LogP contribution in [0.5, 0.6) is 0 Å². The Balaban J connectivity index is 1.41. The molecule has 3 heterocycles. The van der Waals surface area contributed by atoms with E-state index in [2.05, 4.69) is 5.32 Å². The summed E-state index contributed by atoms with van der Waals surface area (Å²) in [5, 5.41) is 14.8. The number of nitrogens with one attached hydrogen (secondary N) is 1. The number of carbonyl (C=O) groups is 1. The van der Waals surface area contributed by atoms with Gasteiger partial charge in [-0.05, 0) is 49.4 Å². The van der Waals surface area contributed by atoms with E-state index in [4.69, 9.17) is 14.5 Å². The van der Waals surface area contributed by atoms with Crippen molar-refractivity contribution in [2.24, 2.45) is 0 Å². The second-order valence-corrected chi connectivity index (χ2v) is 10.2. The Bertz CT molecular complexity index is 1350. The maximum absolute atomic E-state index is 13.5. The maximum atomic E-state index is 13.5. The van der Waals surface area contributed by atoms with Gasteiger partial charge in [0.2, 0.25) is 0 Å². The third-order valence-electron chi connectivity index (χ3n) is 6.62. The average Bonchev–Trinajstić information content (AvgIpc) is 3.62. The molecule has 0 aliphatic carbocycles. The van der Waals surface area contributed by atoms with E-state index in [0.29, 0.717) is 47.1 Å². The molecule has 3 aromatic rings. The van der Waals surface area contributed by atoms with Crippen molar-refractivity contribution in [2.75, 3.05) is 19.8 Å². The first-order valence-corrected chi connectivity index (χ1v) is 13.4. The van der Waals surface area contributed by atoms with Crippen LogP contribution in [0.1, 0.15) is 41.6 Å². The Morgan fingerprint density at radius 2 is 1.84 bits per heavy atom. The van der Waals surface area contributed by atoms with Gasteiger partial charge in [0, 0.05) is 43.2 Å². The summed E-state index contributed by atoms with van der Waals surface area (Å²) in [7, 11) is 0. The highest BCUT2D eigenvalue weighted by atomic mass is 32.2. The molecule has 11 heteroatoms. The monoisotopic (exact) mass is 524 g/mol. The van der Waals surface area contributed by atoms with Gasteiger partial charge in [-0.2, -0.15) is 0 Å². The summed E-state index contributed by atoms with van der Waals surface area (Å²) < 4.78 is 13.0. The van der Waals surface area contributed by atoms with E-state index in [1.165, 1.54) is 23.9 Å². The number of thioether (sulfide) groups is 1. The Hall–Kier alpha value is -3.28. The van der Waals surface area contributed by atoms with Crippen molar-refractivity contribution < 1.29 is 19.2 Å². The van der Waals surface area contributed by atoms with E-state index < -0.39 is 4.92 Å². The quantitative estimate of drug-likeness (QED) is 0.194. The molecule has 2 fully saturated rings. The van der Waals surface area contributed by atoms with Crippen molar-refractivity contribution in [3.63, 3.8) is 0 Å². The molecule has 0 bridgehead atoms. The van der Waals surface area contributed by atoms with Crippen molar-refractivity contribution >= 4 is 34.3 Å². The Labute approximate surface area is 217 Å². The number of aromatic nitrogens is 2. The van der Waals surface area contributed by atoms with Gasteiger partial charge in [0.25, 0.3) is 17.2 Å². The van der Waals surface area contributed by atoms with E-state index in [0.717, 1.165) is 37.9 Å². The molecule has 0 saturated carbocycles. The molecular formula is C26H28N4O6S. The summed E-state index contributed by atoms with van der Waals surface area (Å²) >= 11 is 1.38. The molecule has 10 nitrogen and oxygen atoms in total. The van der Waals surface area contributed by atoms with E-state index in [1.807, 2.05) is 0 Å². The molecule has 0 unspecified atom stereocenters. The molecule has 0 spiro atoms. The number of non-ortho nitro benzene ring substituents is 1. The highest BCUT2D eigenvalue weighted by molar-refractivity contribution is 7.98. The summed E-state index contributed by atoms with van der Waals surface area (Å²) in [5.74, 6) is 0.242. The van der Waals surface area contributed by atoms with Crippen LogP contribution in [-0.2, 0) is 21.8 Å². The average molecular weight is 525 g/mol. The van der Waals surface area contributed by atoms with Crippen molar-refractivity contribution in [3.05, 3.63) is 74.1 Å². The molecule has 1 aromatic heterocycles. The van der Waals surface area contributed by atoms with Gasteiger partial charge in [-0.25, -0.2) is 4.98 Å². The van der Waals surface area contributed by atoms with Crippen LogP contribution in [0.25, 0.3) is 10.9 Å². The largest absolute Gasteiger partial charge is 0.376 e. The zero-order valence-electron chi connectivity index (χ0n) is 20.3. The van der Waals surface area contributed by atoms with Crippen LogP contribution in [0.3, 0.4) is 0 Å². The van der Waals surface area contributed by atoms with Gasteiger partial charge in [0.1, 0.15) is 0 Å². The summed E-state index contributed by atoms with van der Waals surface area (Å²) in [6.45, 7) is 2.24. The molecule has 2 saturated heterocycles. The van der Waals surface area contributed by atoms with Crippen molar-refractivity contribution in [2.45, 2.75) is 55.3 Å². The number of nitro groups is 1. The normalized spacial score (nSPS) is 19.4. The highest BCUT2D eigenvalue weighted by Gasteiger charge is 2.22. The molecule has 5 rings (SSSR count). The molecule has 1 N–H and O–H groups in total. The number of nitrogens with zero attached hydrogens (tertiary/aromatic N) is 3. The number of carbonyl (C=O) groups excluding carboxylic acids is 1. The second-order valence-electron chi connectivity index (χ2n) is 9.23. The third-order valence-corrected chi connectivity index (χ3v) is 7.67. The Morgan fingerprint density at radius 1 is 1.11 bits per heavy atom. The third kappa shape index (κ3) is 6.00. The molecule has 37 heavy (non-hydrogen) atoms. The minimum Gasteiger partial charge on any atom is -0.376 e. The first kappa shape index (κ1) is 25.4. The predicted molar refractivity (Wildman–Crippen MR) is 139 cm³/mol. The topological polar surface area (TPSA) is 126 Å². The van der Waals surface area contributed by atoms with E-state index in [9.17, 15) is 19.7 Å². The molecule has 2 aliphatic rings. The molecule has 0 radical (unpaired) electrons. The molecule has 2 aliphatic heterocycles. The minimum absolute atomic E-state index is 0.0261. The van der Waals surface area contributed by atoms with E-state index in [-0.39, 0.29) is 29.4 Å². The predicted octanol–water partition coefficient (Wildman–Crippen LogP) is 3.68. The fraction of sp³-hybridized carbons (Fsp3) is 0.423. The number of hydrogen-bond donors (Lipinski definition) is 1. The van der Waals surface area contributed by atoms with Crippen LogP contribution in [0.4, 0.5) is 5.69 Å². The number of fused-ring (bicyclic) bond motifs is 1. The fourth-order valence-electron chi connectivity index (χ4n) is 4.58. The fourth-order valence-corrected chi connectivity index (χ4v) is 5.55. The van der Waals surface area contributed by atoms with Crippen LogP contribution in [0.2, 0.25) is 0 Å². The lowest BCUT2D eigenvalue weighted by molar-refractivity contribution is -0.384. The zero-order chi connectivity index (χ0) is 25.8. The molecule has 2 atom stereocenters. The van der Waals surface area contributed by atoms with Gasteiger partial charge in [-0.1, -0.05) is 23.9 Å². The number of amides is 1. The lowest BCUT2D eigenvalue weighted by atomic mass is 10.1. The number of rotatable bonds is 9. The molecule has 2 aromatic carbocycles. The highest BCUT2D eigenvalue weighted by Crippen LogP contribution is 2.25. The standard InChI is InChI=1S/C26H28N4O6S/c31-24(27-14-20-3-1-11-35-20)18-7-10-22-23(13-18)28-26(29(25(22)32)15-21-4-2-12-36-21)37-16-17-5-8-19(9-6-17)30(33)34/h5-10,13,20-21H,1-4,11-12,14-16H2,(H,27,31)/t20-,21-/m0/s1. The van der Waals surface area contributed by atoms with Crippen LogP contribution in [-0.4, -0.2) is 52.3 Å². The second kappa shape index (κ2) is 11.4. The smallest absolute Gasteiger partial charge is 0.269 e. The van der Waals surface area contributed by atoms with E-state index in [1.54, 1.807) is 34.9 Å². The van der Waals surface area contributed by atoms with Crippen molar-refractivity contribution in [3.8, 4) is 0 Å². The molecular weight excluding hydrogens is 496 g/mol. The Kier molecular flexibility index (Phi) is 7.82. The summed E-state index contributed by atoms with van der Waals surface area (Å²) in [4.78, 5) is 41.6. The van der Waals surface area contributed by atoms with Crippen LogP contribution < -0.4 is 10.9 Å². The Morgan fingerprint density at radius 3 is 2.51 bits per heavy atom. The lowest BCUT2D eigenvalue weighted by Gasteiger charge is -2.17. The van der Waals surface area contributed by atoms with Gasteiger partial charge >= 0.3 is 0 Å². The first-order valence-electron chi connectivity index (χ1n) is 12.4. The summed E-state index contributed by atoms with van der Waals surface area (Å²) in [6.07, 6.45) is 3.74. The summed E-state index contributed by atoms with van der Waals surface area (Å²) in [6, 6.07) is 11.3. The number of ether oxygens (including phenoxy) is 2. The van der Waals surface area contributed by atoms with Gasteiger partial charge in [-0.3, -0.25) is 24.3 Å². The van der Waals surface area contributed by atoms with Crippen molar-refractivity contribution in [1.82, 2.24) is 14.9 Å². The van der Waals surface area contributed by atoms with Crippen LogP contribution in [0.15, 0.2) is 52.4 Å². The molecule has 1 amide bonds. The number of hydrogen-bond acceptors (Lipinski definition) is 8. The number of benzene rings is 2. The molecule has 194 valence electrons. The lowest BCUT2D eigenvalue weighted by Crippen LogP contribution is -2.32. The van der Waals surface area contributed by atoms with E-state index >= 15 is 0 Å². The zero-order valence-corrected chi connectivity index (χ0v) is 21.1. The van der Waals surface area contributed by atoms with Crippen LogP contribution >= 0.6 is 11.8 Å². The van der Waals surface area contributed by atoms with Crippen LogP contribution in [0, 0.1) is 10.1 Å². The van der Waals surface area contributed by atoms with Gasteiger partial charge < -0.3 is 14.8 Å². The van der Waals surface area contributed by atoms with Gasteiger partial charge in [0.15, 0.2) is 5.16 Å².